The summed E-state index contributed by atoms with van der Waals surface area (Å²) in [6.07, 6.45) is 7.53. The van der Waals surface area contributed by atoms with Gasteiger partial charge in [-0.2, -0.15) is 5.10 Å². The van der Waals surface area contributed by atoms with E-state index in [4.69, 9.17) is 4.74 Å². The van der Waals surface area contributed by atoms with Crippen LogP contribution in [0.15, 0.2) is 53.7 Å². The first-order valence-electron chi connectivity index (χ1n) is 9.45. The van der Waals surface area contributed by atoms with E-state index in [1.54, 1.807) is 30.7 Å². The van der Waals surface area contributed by atoms with Gasteiger partial charge in [-0.3, -0.25) is 9.78 Å². The molecule has 1 N–H and O–H groups in total. The van der Waals surface area contributed by atoms with Crippen LogP contribution >= 0.6 is 0 Å². The normalized spacial score (nSPS) is 21.6. The van der Waals surface area contributed by atoms with E-state index in [0.29, 0.717) is 24.8 Å². The number of anilines is 1. The Hall–Kier alpha value is -3.13. The molecule has 2 atom stereocenters. The van der Waals surface area contributed by atoms with Crippen molar-refractivity contribution in [3.05, 3.63) is 65.1 Å². The van der Waals surface area contributed by atoms with Crippen LogP contribution in [0, 0.1) is 0 Å². The fourth-order valence-corrected chi connectivity index (χ4v) is 3.44. The molecule has 3 aromatic heterocycles. The number of hydrogen-bond acceptors (Lipinski definition) is 7. The van der Waals surface area contributed by atoms with Gasteiger partial charge in [0.1, 0.15) is 17.7 Å². The predicted molar refractivity (Wildman–Crippen MR) is 103 cm³/mol. The third-order valence-electron chi connectivity index (χ3n) is 5.10. The van der Waals surface area contributed by atoms with Crippen LogP contribution in [-0.4, -0.2) is 44.0 Å². The van der Waals surface area contributed by atoms with Crippen molar-refractivity contribution in [2.75, 3.05) is 18.5 Å². The standard InChI is InChI=1S/C20H20N6O2/c27-19-6-5-15(14-2-1-8-21-10-14)25-26(19)17-12-28-11-16(17)23-18-7-9-22-20(24-18)13-3-4-13/h1-2,5-10,13,16-17H,3-4,11-12H2,(H,22,23,24). The van der Waals surface area contributed by atoms with Gasteiger partial charge in [0.25, 0.3) is 5.56 Å². The van der Waals surface area contributed by atoms with E-state index in [1.807, 2.05) is 18.2 Å². The maximum absolute atomic E-state index is 12.5. The quantitative estimate of drug-likeness (QED) is 0.728. The fourth-order valence-electron chi connectivity index (χ4n) is 3.44. The van der Waals surface area contributed by atoms with Gasteiger partial charge in [0, 0.05) is 36.1 Å². The highest BCUT2D eigenvalue weighted by Gasteiger charge is 2.32. The first kappa shape index (κ1) is 17.0. The van der Waals surface area contributed by atoms with Crippen molar-refractivity contribution in [3.8, 4) is 11.3 Å². The third kappa shape index (κ3) is 3.38. The molecule has 8 heteroatoms. The molecule has 1 aliphatic heterocycles. The van der Waals surface area contributed by atoms with Gasteiger partial charge in [0.2, 0.25) is 0 Å². The van der Waals surface area contributed by atoms with Crippen molar-refractivity contribution in [3.63, 3.8) is 0 Å². The lowest BCUT2D eigenvalue weighted by atomic mass is 10.1. The minimum absolute atomic E-state index is 0.101. The number of ether oxygens (including phenoxy) is 1. The van der Waals surface area contributed by atoms with Crippen molar-refractivity contribution >= 4 is 5.82 Å². The number of hydrogen-bond donors (Lipinski definition) is 1. The Balaban J connectivity index is 1.42. The molecule has 0 spiro atoms. The van der Waals surface area contributed by atoms with E-state index in [2.05, 4.69) is 25.4 Å². The van der Waals surface area contributed by atoms with Crippen LogP contribution in [-0.2, 0) is 4.74 Å². The van der Waals surface area contributed by atoms with Gasteiger partial charge < -0.3 is 10.1 Å². The van der Waals surface area contributed by atoms with E-state index in [-0.39, 0.29) is 17.6 Å². The second-order valence-electron chi connectivity index (χ2n) is 7.17. The van der Waals surface area contributed by atoms with E-state index in [0.717, 1.165) is 30.0 Å². The molecule has 0 aromatic carbocycles. The summed E-state index contributed by atoms with van der Waals surface area (Å²) in [7, 11) is 0. The zero-order chi connectivity index (χ0) is 18.9. The van der Waals surface area contributed by atoms with Crippen LogP contribution in [0.1, 0.15) is 30.6 Å². The van der Waals surface area contributed by atoms with Crippen molar-refractivity contribution in [2.24, 2.45) is 0 Å². The highest BCUT2D eigenvalue weighted by Crippen LogP contribution is 2.38. The lowest BCUT2D eigenvalue weighted by Gasteiger charge is -2.21. The number of nitrogens with zero attached hydrogens (tertiary/aromatic N) is 5. The highest BCUT2D eigenvalue weighted by molar-refractivity contribution is 5.56. The Morgan fingerprint density at radius 3 is 2.86 bits per heavy atom. The number of aromatic nitrogens is 5. The Kier molecular flexibility index (Phi) is 4.32. The summed E-state index contributed by atoms with van der Waals surface area (Å²) in [6.45, 7) is 0.903. The maximum atomic E-state index is 12.5. The predicted octanol–water partition coefficient (Wildman–Crippen LogP) is 2.02. The summed E-state index contributed by atoms with van der Waals surface area (Å²) in [5, 5.41) is 7.99. The molecule has 3 aromatic rings. The maximum Gasteiger partial charge on any atom is 0.267 e. The summed E-state index contributed by atoms with van der Waals surface area (Å²) >= 11 is 0. The lowest BCUT2D eigenvalue weighted by Crippen LogP contribution is -2.37. The van der Waals surface area contributed by atoms with Crippen LogP contribution < -0.4 is 10.9 Å². The third-order valence-corrected chi connectivity index (χ3v) is 5.10. The zero-order valence-electron chi connectivity index (χ0n) is 15.2. The van der Waals surface area contributed by atoms with Crippen LogP contribution in [0.25, 0.3) is 11.3 Å². The van der Waals surface area contributed by atoms with Gasteiger partial charge >= 0.3 is 0 Å². The molecule has 0 bridgehead atoms. The Bertz CT molecular complexity index is 1030. The summed E-state index contributed by atoms with van der Waals surface area (Å²) in [5.41, 5.74) is 1.41. The molecule has 0 radical (unpaired) electrons. The van der Waals surface area contributed by atoms with Gasteiger partial charge in [-0.1, -0.05) is 0 Å². The molecule has 0 amide bonds. The number of pyridine rings is 1. The van der Waals surface area contributed by atoms with E-state index in [9.17, 15) is 4.79 Å². The summed E-state index contributed by atoms with van der Waals surface area (Å²) in [4.78, 5) is 25.6. The van der Waals surface area contributed by atoms with Crippen molar-refractivity contribution in [1.82, 2.24) is 24.7 Å². The smallest absolute Gasteiger partial charge is 0.267 e. The molecule has 1 aliphatic carbocycles. The highest BCUT2D eigenvalue weighted by atomic mass is 16.5. The molecule has 142 valence electrons. The Labute approximate surface area is 161 Å². The second kappa shape index (κ2) is 7.12. The minimum Gasteiger partial charge on any atom is -0.377 e. The molecule has 8 nitrogen and oxygen atoms in total. The van der Waals surface area contributed by atoms with Crippen molar-refractivity contribution < 1.29 is 4.74 Å². The SMILES string of the molecule is O=c1ccc(-c2cccnc2)nn1C1COCC1Nc1ccnc(C2CC2)n1. The second-order valence-corrected chi connectivity index (χ2v) is 7.17. The van der Waals surface area contributed by atoms with Crippen molar-refractivity contribution in [2.45, 2.75) is 30.8 Å². The topological polar surface area (TPSA) is 94.8 Å². The first-order valence-corrected chi connectivity index (χ1v) is 9.45. The molecule has 2 fully saturated rings. The van der Waals surface area contributed by atoms with Gasteiger partial charge in [0.05, 0.1) is 24.9 Å². The zero-order valence-corrected chi connectivity index (χ0v) is 15.2. The lowest BCUT2D eigenvalue weighted by molar-refractivity contribution is 0.183. The number of rotatable bonds is 5. The largest absolute Gasteiger partial charge is 0.377 e. The van der Waals surface area contributed by atoms with Crippen LogP contribution in [0.2, 0.25) is 0 Å². The van der Waals surface area contributed by atoms with Gasteiger partial charge in [0.15, 0.2) is 0 Å². The Morgan fingerprint density at radius 1 is 1.11 bits per heavy atom. The molecule has 4 heterocycles. The van der Waals surface area contributed by atoms with Gasteiger partial charge in [-0.05, 0) is 37.1 Å². The monoisotopic (exact) mass is 376 g/mol. The molecule has 28 heavy (non-hydrogen) atoms. The van der Waals surface area contributed by atoms with Crippen LogP contribution in [0.4, 0.5) is 5.82 Å². The van der Waals surface area contributed by atoms with Crippen LogP contribution in [0.3, 0.4) is 0 Å². The fraction of sp³-hybridized carbons (Fsp3) is 0.350. The minimum atomic E-state index is -0.219. The summed E-state index contributed by atoms with van der Waals surface area (Å²) in [5.74, 6) is 2.13. The van der Waals surface area contributed by atoms with Crippen LogP contribution in [0.5, 0.6) is 0 Å². The molecule has 2 aliphatic rings. The summed E-state index contributed by atoms with van der Waals surface area (Å²) in [6, 6.07) is 8.57. The summed E-state index contributed by atoms with van der Waals surface area (Å²) < 4.78 is 7.18. The molecular weight excluding hydrogens is 356 g/mol. The van der Waals surface area contributed by atoms with E-state index in [1.165, 1.54) is 4.68 Å². The average Bonchev–Trinajstić information content (AvgIpc) is 3.49. The first-order chi connectivity index (χ1) is 13.8. The molecule has 1 saturated carbocycles. The molecular formula is C20H20N6O2. The molecule has 1 saturated heterocycles. The van der Waals surface area contributed by atoms with Gasteiger partial charge in [-0.15, -0.1) is 0 Å². The van der Waals surface area contributed by atoms with Crippen molar-refractivity contribution in [1.29, 1.82) is 0 Å². The average molecular weight is 376 g/mol. The molecule has 2 unspecified atom stereocenters. The van der Waals surface area contributed by atoms with E-state index < -0.39 is 0 Å². The number of nitrogens with one attached hydrogen (secondary N) is 1. The van der Waals surface area contributed by atoms with Gasteiger partial charge in [-0.25, -0.2) is 14.6 Å². The van der Waals surface area contributed by atoms with E-state index >= 15 is 0 Å². The molecule has 5 rings (SSSR count). The Morgan fingerprint density at radius 2 is 2.04 bits per heavy atom.